The van der Waals surface area contributed by atoms with Gasteiger partial charge in [0.15, 0.2) is 6.10 Å². The number of hydrogen-bond donors (Lipinski definition) is 0. The first-order chi connectivity index (χ1) is 6.29. The summed E-state index contributed by atoms with van der Waals surface area (Å²) >= 11 is 0. The van der Waals surface area contributed by atoms with Crippen LogP contribution in [0.4, 0.5) is 0 Å². The molecule has 0 saturated heterocycles. The smallest absolute Gasteiger partial charge is 0.335 e. The van der Waals surface area contributed by atoms with E-state index in [1.54, 1.807) is 7.11 Å². The van der Waals surface area contributed by atoms with Crippen molar-refractivity contribution in [1.29, 1.82) is 0 Å². The highest BCUT2D eigenvalue weighted by Crippen LogP contribution is 2.28. The molecule has 0 radical (unpaired) electrons. The second-order valence-corrected chi connectivity index (χ2v) is 3.58. The molecule has 0 aromatic rings. The van der Waals surface area contributed by atoms with Gasteiger partial charge in [0, 0.05) is 7.11 Å². The van der Waals surface area contributed by atoms with Crippen LogP contribution in [0.2, 0.25) is 0 Å². The lowest BCUT2D eigenvalue weighted by molar-refractivity contribution is -0.156. The van der Waals surface area contributed by atoms with Crippen LogP contribution in [-0.2, 0) is 14.3 Å². The summed E-state index contributed by atoms with van der Waals surface area (Å²) in [5.74, 6) is 0.139. The van der Waals surface area contributed by atoms with Crippen molar-refractivity contribution in [2.24, 2.45) is 5.92 Å². The third-order valence-electron chi connectivity index (χ3n) is 2.77. The Morgan fingerprint density at radius 1 is 1.23 bits per heavy atom. The molecule has 1 atom stereocenters. The molecular formula is C10H18O3. The molecule has 0 bridgehead atoms. The first-order valence-corrected chi connectivity index (χ1v) is 4.90. The van der Waals surface area contributed by atoms with Gasteiger partial charge in [-0.05, 0) is 18.8 Å². The van der Waals surface area contributed by atoms with E-state index in [-0.39, 0.29) is 12.1 Å². The SMILES string of the molecule is COC(=O)[C@@H](OC)C1CCCCC1. The summed E-state index contributed by atoms with van der Waals surface area (Å²) in [6.45, 7) is 0. The minimum absolute atomic E-state index is 0.227. The molecule has 0 amide bonds. The van der Waals surface area contributed by atoms with Crippen LogP contribution in [0.25, 0.3) is 0 Å². The van der Waals surface area contributed by atoms with Gasteiger partial charge in [-0.1, -0.05) is 19.3 Å². The molecule has 1 rings (SSSR count). The van der Waals surface area contributed by atoms with Gasteiger partial charge in [-0.3, -0.25) is 0 Å². The Labute approximate surface area is 79.4 Å². The molecule has 76 valence electrons. The van der Waals surface area contributed by atoms with Crippen molar-refractivity contribution >= 4 is 5.97 Å². The molecule has 1 saturated carbocycles. The Balaban J connectivity index is 2.48. The van der Waals surface area contributed by atoms with E-state index in [1.165, 1.54) is 26.4 Å². The molecule has 1 fully saturated rings. The third-order valence-corrected chi connectivity index (χ3v) is 2.77. The van der Waals surface area contributed by atoms with Gasteiger partial charge in [0.25, 0.3) is 0 Å². The second-order valence-electron chi connectivity index (χ2n) is 3.58. The number of methoxy groups -OCH3 is 2. The van der Waals surface area contributed by atoms with Crippen LogP contribution in [0, 0.1) is 5.92 Å². The van der Waals surface area contributed by atoms with E-state index in [9.17, 15) is 4.79 Å². The number of esters is 1. The zero-order chi connectivity index (χ0) is 9.68. The summed E-state index contributed by atoms with van der Waals surface area (Å²) in [4.78, 5) is 11.3. The van der Waals surface area contributed by atoms with Crippen LogP contribution in [-0.4, -0.2) is 26.3 Å². The molecular weight excluding hydrogens is 168 g/mol. The van der Waals surface area contributed by atoms with E-state index in [2.05, 4.69) is 0 Å². The normalized spacial score (nSPS) is 21.1. The average Bonchev–Trinajstić information content (AvgIpc) is 2.20. The van der Waals surface area contributed by atoms with Crippen molar-refractivity contribution in [1.82, 2.24) is 0 Å². The fourth-order valence-corrected chi connectivity index (χ4v) is 2.03. The highest BCUT2D eigenvalue weighted by molar-refractivity contribution is 5.74. The molecule has 0 heterocycles. The quantitative estimate of drug-likeness (QED) is 0.630. The van der Waals surface area contributed by atoms with Gasteiger partial charge in [-0.2, -0.15) is 0 Å². The van der Waals surface area contributed by atoms with Gasteiger partial charge >= 0.3 is 5.97 Å². The summed E-state index contributed by atoms with van der Waals surface area (Å²) in [5, 5.41) is 0. The maximum Gasteiger partial charge on any atom is 0.335 e. The van der Waals surface area contributed by atoms with Crippen LogP contribution in [0.1, 0.15) is 32.1 Å². The molecule has 0 aliphatic heterocycles. The van der Waals surface area contributed by atoms with Gasteiger partial charge in [0.1, 0.15) is 0 Å². The van der Waals surface area contributed by atoms with Gasteiger partial charge in [0.2, 0.25) is 0 Å². The van der Waals surface area contributed by atoms with Crippen molar-refractivity contribution in [3.63, 3.8) is 0 Å². The fraction of sp³-hybridized carbons (Fsp3) is 0.900. The predicted molar refractivity (Wildman–Crippen MR) is 49.4 cm³/mol. The number of carbonyl (C=O) groups excluding carboxylic acids is 1. The van der Waals surface area contributed by atoms with Crippen LogP contribution in [0.15, 0.2) is 0 Å². The zero-order valence-electron chi connectivity index (χ0n) is 8.41. The highest BCUT2D eigenvalue weighted by atomic mass is 16.6. The number of rotatable bonds is 3. The van der Waals surface area contributed by atoms with Crippen LogP contribution in [0.3, 0.4) is 0 Å². The summed E-state index contributed by atoms with van der Waals surface area (Å²) in [5.41, 5.74) is 0. The molecule has 0 spiro atoms. The predicted octanol–water partition coefficient (Wildman–Crippen LogP) is 1.75. The van der Waals surface area contributed by atoms with E-state index in [4.69, 9.17) is 9.47 Å². The van der Waals surface area contributed by atoms with Crippen molar-refractivity contribution in [3.8, 4) is 0 Å². The molecule has 1 aliphatic carbocycles. The Morgan fingerprint density at radius 3 is 2.31 bits per heavy atom. The third kappa shape index (κ3) is 2.69. The average molecular weight is 186 g/mol. The number of carbonyl (C=O) groups is 1. The first-order valence-electron chi connectivity index (χ1n) is 4.90. The summed E-state index contributed by atoms with van der Waals surface area (Å²) in [6.07, 6.45) is 5.54. The van der Waals surface area contributed by atoms with Crippen molar-refractivity contribution in [2.75, 3.05) is 14.2 Å². The number of ether oxygens (including phenoxy) is 2. The van der Waals surface area contributed by atoms with Crippen molar-refractivity contribution in [2.45, 2.75) is 38.2 Å². The molecule has 0 aromatic carbocycles. The van der Waals surface area contributed by atoms with Crippen LogP contribution in [0.5, 0.6) is 0 Å². The van der Waals surface area contributed by atoms with Gasteiger partial charge in [-0.25, -0.2) is 4.79 Å². The number of hydrogen-bond acceptors (Lipinski definition) is 3. The van der Waals surface area contributed by atoms with Gasteiger partial charge < -0.3 is 9.47 Å². The van der Waals surface area contributed by atoms with Gasteiger partial charge in [0.05, 0.1) is 7.11 Å². The van der Waals surface area contributed by atoms with Crippen LogP contribution >= 0.6 is 0 Å². The fourth-order valence-electron chi connectivity index (χ4n) is 2.03. The summed E-state index contributed by atoms with van der Waals surface area (Å²) < 4.78 is 9.86. The highest BCUT2D eigenvalue weighted by Gasteiger charge is 2.29. The Kier molecular flexibility index (Phi) is 4.22. The topological polar surface area (TPSA) is 35.5 Å². The maximum absolute atomic E-state index is 11.3. The molecule has 3 heteroatoms. The minimum atomic E-state index is -0.342. The van der Waals surface area contributed by atoms with Crippen molar-refractivity contribution < 1.29 is 14.3 Å². The molecule has 1 aliphatic rings. The standard InChI is InChI=1S/C10H18O3/c1-12-9(10(11)13-2)8-6-4-3-5-7-8/h8-9H,3-7H2,1-2H3/t9-/m0/s1. The lowest BCUT2D eigenvalue weighted by atomic mass is 9.85. The lowest BCUT2D eigenvalue weighted by Crippen LogP contribution is -2.33. The Morgan fingerprint density at radius 2 is 1.85 bits per heavy atom. The first kappa shape index (κ1) is 10.5. The molecule has 13 heavy (non-hydrogen) atoms. The molecule has 0 N–H and O–H groups in total. The van der Waals surface area contributed by atoms with E-state index in [1.807, 2.05) is 0 Å². The summed E-state index contributed by atoms with van der Waals surface area (Å²) in [7, 11) is 2.99. The van der Waals surface area contributed by atoms with E-state index in [0.717, 1.165) is 12.8 Å². The van der Waals surface area contributed by atoms with Gasteiger partial charge in [-0.15, -0.1) is 0 Å². The van der Waals surface area contributed by atoms with E-state index in [0.29, 0.717) is 5.92 Å². The molecule has 0 unspecified atom stereocenters. The Bertz CT molecular complexity index is 162. The van der Waals surface area contributed by atoms with E-state index < -0.39 is 0 Å². The molecule has 3 nitrogen and oxygen atoms in total. The zero-order valence-corrected chi connectivity index (χ0v) is 8.41. The summed E-state index contributed by atoms with van der Waals surface area (Å²) in [6, 6.07) is 0. The lowest BCUT2D eigenvalue weighted by Gasteiger charge is -2.27. The Hall–Kier alpha value is -0.570. The monoisotopic (exact) mass is 186 g/mol. The van der Waals surface area contributed by atoms with E-state index >= 15 is 0 Å². The van der Waals surface area contributed by atoms with Crippen LogP contribution < -0.4 is 0 Å². The molecule has 0 aromatic heterocycles. The maximum atomic E-state index is 11.3. The second kappa shape index (κ2) is 5.22. The van der Waals surface area contributed by atoms with Crippen molar-refractivity contribution in [3.05, 3.63) is 0 Å². The largest absolute Gasteiger partial charge is 0.467 e. The minimum Gasteiger partial charge on any atom is -0.467 e.